The molecule has 5 atom stereocenters. The molecule has 640 valence electrons. The lowest BCUT2D eigenvalue weighted by molar-refractivity contribution is -0.148. The van der Waals surface area contributed by atoms with Crippen molar-refractivity contribution in [3.05, 3.63) is 35.9 Å². The van der Waals surface area contributed by atoms with E-state index in [-0.39, 0.29) is 190 Å². The van der Waals surface area contributed by atoms with Crippen LogP contribution in [0, 0.1) is 0 Å². The first-order valence-electron chi connectivity index (χ1n) is 34.4. The highest BCUT2D eigenvalue weighted by Gasteiger charge is 2.28. The molecule has 0 radical (unpaired) electrons. The number of hydrogen-bond acceptors (Lipinski definition) is 32. The molecule has 45 heteroatoms. The van der Waals surface area contributed by atoms with Crippen molar-refractivity contribution >= 4 is 122 Å². The molecule has 23 N–H and O–H groups in total. The van der Waals surface area contributed by atoms with Crippen LogP contribution in [0.5, 0.6) is 0 Å². The quantitative estimate of drug-likeness (QED) is 0.0164. The van der Waals surface area contributed by atoms with E-state index in [4.69, 9.17) is 58.1 Å². The van der Waals surface area contributed by atoms with E-state index in [1.807, 2.05) is 54.5 Å². The number of aliphatic hydroxyl groups is 2. The first-order chi connectivity index (χ1) is 52.0. The number of nitrogens with two attached hydrogens (primary N) is 4. The summed E-state index contributed by atoms with van der Waals surface area (Å²) in [5, 5.41) is 68.4. The summed E-state index contributed by atoms with van der Waals surface area (Å²) in [7, 11) is -1.06. The molecule has 1 aliphatic rings. The maximum Gasteiger partial charge on any atom is 0.328 e. The van der Waals surface area contributed by atoms with Gasteiger partial charge in [0.25, 0.3) is 10.1 Å². The smallest absolute Gasteiger partial charge is 0.328 e. The molecule has 1 aromatic rings. The zero-order chi connectivity index (χ0) is 86.0. The number of aliphatic hydroxyl groups excluding tert-OH is 2. The number of ketones is 5. The Balaban J connectivity index is -0.000000297. The van der Waals surface area contributed by atoms with E-state index >= 15 is 0 Å². The van der Waals surface area contributed by atoms with Crippen LogP contribution in [0.2, 0.25) is 0 Å². The fraction of sp³-hybridized carbons (Fsp3) is 0.627. The minimum Gasteiger partial charge on any atom is -0.480 e. The van der Waals surface area contributed by atoms with Gasteiger partial charge in [0, 0.05) is 70.6 Å². The predicted molar refractivity (Wildman–Crippen MR) is 397 cm³/mol. The first-order valence-corrected chi connectivity index (χ1v) is 36.0. The fourth-order valence-electron chi connectivity index (χ4n) is 7.72. The standard InChI is InChI=1S/C16H22N2O5.C11H18N2O4.C10H18N2O5.C9H16N2O7S.C8H14N2O4.C6H12N2O3.C6H11NO3.CH4/c17-13(10-12-4-2-1-3-5-12)14(20)6-7-15(21)18-11-16(22)23-9-8-19;1-13-6-2-3-8(13)9(14)4-5-10(15)12-7-11(16)17;1-7(10(16)17-5-4-13)12-9(15)3-2-8(14)6-11;1-10-4-6(12)2-3-8(13)11-7(9(14)15)5-19(16,17)18;1-5(9)6(11)2-3-7(12)10-4-8(13)14;1-2-11-6(10)4-8-5(9)3-7;1-2-3-5(8)7-4-6(9)10;/h1-5,13,19H,6-11,17H2,(H,18,21);8H,2-7H2,1H3,(H,12,15)(H,16,17);7,13H,2-6,11H2,1H3,(H,12,15);7,10H,2-5H2,1H3,(H,11,13)(H,14,15)(H,16,17,18);5H,2-4,9H2,1H3,(H,10,12)(H,13,14);2-4,7H2,1H3,(H,8,9);2-4H2,1H3,(H,7,8)(H,9,10);1H4. The van der Waals surface area contributed by atoms with Crippen LogP contribution in [-0.2, 0) is 122 Å². The molecule has 1 aliphatic heterocycles. The summed E-state index contributed by atoms with van der Waals surface area (Å²) in [6.45, 7) is 5.42. The Kier molecular flexibility index (Phi) is 70.3. The van der Waals surface area contributed by atoms with E-state index in [2.05, 4.69) is 51.4 Å². The number of Topliss-reactive ketones (excluding diaryl/α,β-unsaturated/α-hetero) is 5. The zero-order valence-electron chi connectivity index (χ0n) is 63.1. The SMILES string of the molecule is C.CC(N)C(=O)CCC(=O)NCC(=O)O.CC(NC(=O)CCC(=O)CN)C(=O)OCCO.CCCC(=O)NCC(=O)O.CCOC(=O)CNC(=O)CN.CN1CCCC1C(=O)CCC(=O)NCC(=O)O.CNCC(=O)CCC(=O)NC(CS(=O)(=O)O)C(=O)O.NC(Cc1ccccc1)C(=O)CCC(=O)NCC(=O)OCCO. The number of hydrogen-bond donors (Lipinski definition) is 19. The third kappa shape index (κ3) is 72.6. The summed E-state index contributed by atoms with van der Waals surface area (Å²) in [4.78, 5) is 210. The third-order valence-electron chi connectivity index (χ3n) is 13.3. The van der Waals surface area contributed by atoms with Gasteiger partial charge in [-0.15, -0.1) is 0 Å². The van der Waals surface area contributed by atoms with Gasteiger partial charge >= 0.3 is 41.8 Å². The van der Waals surface area contributed by atoms with Crippen molar-refractivity contribution in [2.75, 3.05) is 112 Å². The minimum atomic E-state index is -4.53. The van der Waals surface area contributed by atoms with Crippen LogP contribution in [0.4, 0.5) is 0 Å². The van der Waals surface area contributed by atoms with Crippen molar-refractivity contribution in [3.8, 4) is 0 Å². The molecule has 0 aromatic heterocycles. The second-order valence-corrected chi connectivity index (χ2v) is 24.6. The van der Waals surface area contributed by atoms with Crippen LogP contribution < -0.4 is 65.5 Å². The Morgan fingerprint density at radius 1 is 0.545 bits per heavy atom. The van der Waals surface area contributed by atoms with Gasteiger partial charge in [-0.25, -0.2) is 9.59 Å². The number of benzene rings is 1. The summed E-state index contributed by atoms with van der Waals surface area (Å²) in [5.41, 5.74) is 22.1. The summed E-state index contributed by atoms with van der Waals surface area (Å²) in [6.07, 6.45) is 3.39. The summed E-state index contributed by atoms with van der Waals surface area (Å²) >= 11 is 0. The lowest BCUT2D eigenvalue weighted by Gasteiger charge is -2.17. The van der Waals surface area contributed by atoms with Crippen molar-refractivity contribution in [3.63, 3.8) is 0 Å². The highest BCUT2D eigenvalue weighted by atomic mass is 32.2. The van der Waals surface area contributed by atoms with Crippen molar-refractivity contribution < 1.29 is 149 Å². The number of nitrogens with one attached hydrogen (secondary N) is 8. The predicted octanol–water partition coefficient (Wildman–Crippen LogP) is -6.33. The number of aliphatic carboxylic acids is 4. The second-order valence-electron chi connectivity index (χ2n) is 23.1. The van der Waals surface area contributed by atoms with Gasteiger partial charge in [0.05, 0.1) is 57.6 Å². The number of likely N-dealkylation sites (N-methyl/N-ethyl adjacent to an activating group) is 2. The lowest BCUT2D eigenvalue weighted by atomic mass is 10.0. The Labute approximate surface area is 648 Å². The Hall–Kier alpha value is -10.3. The van der Waals surface area contributed by atoms with E-state index in [0.717, 1.165) is 31.4 Å². The van der Waals surface area contributed by atoms with Crippen molar-refractivity contribution in [1.29, 1.82) is 0 Å². The molecule has 0 aliphatic carbocycles. The van der Waals surface area contributed by atoms with Crippen LogP contribution in [0.25, 0.3) is 0 Å². The Morgan fingerprint density at radius 2 is 0.982 bits per heavy atom. The topological polar surface area (TPSA) is 731 Å². The average Bonchev–Trinajstić information content (AvgIpc) is 1.65. The number of ether oxygens (including phenoxy) is 3. The van der Waals surface area contributed by atoms with Crippen LogP contribution in [0.1, 0.15) is 131 Å². The highest BCUT2D eigenvalue weighted by molar-refractivity contribution is 7.85. The molecule has 1 fully saturated rings. The minimum absolute atomic E-state index is 0. The van der Waals surface area contributed by atoms with E-state index < -0.39 is 119 Å². The number of carboxylic acids is 4. The number of carbonyl (C=O) groups excluding carboxylic acids is 15. The van der Waals surface area contributed by atoms with Gasteiger partial charge in [0.2, 0.25) is 41.4 Å². The van der Waals surface area contributed by atoms with Gasteiger partial charge in [0.15, 0.2) is 0 Å². The normalized spacial score (nSPS) is 12.5. The van der Waals surface area contributed by atoms with Crippen LogP contribution in [0.3, 0.4) is 0 Å². The molecule has 112 heavy (non-hydrogen) atoms. The van der Waals surface area contributed by atoms with Gasteiger partial charge in [-0.1, -0.05) is 44.7 Å². The molecule has 2 rings (SSSR count). The van der Waals surface area contributed by atoms with E-state index in [1.165, 1.54) is 13.8 Å². The molecule has 1 heterocycles. The van der Waals surface area contributed by atoms with E-state index in [0.29, 0.717) is 19.4 Å². The van der Waals surface area contributed by atoms with E-state index in [9.17, 15) is 99.5 Å². The second kappa shape index (κ2) is 69.9. The third-order valence-corrected chi connectivity index (χ3v) is 14.1. The molecule has 0 saturated carbocycles. The zero-order valence-corrected chi connectivity index (χ0v) is 63.9. The number of rotatable bonds is 47. The monoisotopic (exact) mass is 1630 g/mol. The maximum absolute atomic E-state index is 11.9. The van der Waals surface area contributed by atoms with Crippen molar-refractivity contribution in [2.45, 2.75) is 162 Å². The van der Waals surface area contributed by atoms with Gasteiger partial charge in [0.1, 0.15) is 92.7 Å². The number of carbonyl (C=O) groups is 19. The largest absolute Gasteiger partial charge is 0.480 e. The molecule has 7 amide bonds. The Morgan fingerprint density at radius 3 is 1.40 bits per heavy atom. The summed E-state index contributed by atoms with van der Waals surface area (Å²) < 4.78 is 43.4. The molecule has 1 saturated heterocycles. The maximum atomic E-state index is 11.9. The van der Waals surface area contributed by atoms with Crippen LogP contribution >= 0.6 is 0 Å². The first kappa shape index (κ1) is 113. The fourth-order valence-corrected chi connectivity index (χ4v) is 8.36. The molecule has 1 aromatic carbocycles. The van der Waals surface area contributed by atoms with Crippen LogP contribution in [0.15, 0.2) is 30.3 Å². The van der Waals surface area contributed by atoms with Gasteiger partial charge in [-0.2, -0.15) is 8.42 Å². The molecular formula is C67H115N13O31S. The van der Waals surface area contributed by atoms with Gasteiger partial charge in [-0.05, 0) is 72.7 Å². The highest BCUT2D eigenvalue weighted by Crippen LogP contribution is 2.17. The van der Waals surface area contributed by atoms with Crippen LogP contribution in [-0.4, -0.2) is 303 Å². The molecule has 0 bridgehead atoms. The number of nitrogens with zero attached hydrogens (tertiary/aromatic N) is 1. The summed E-state index contributed by atoms with van der Waals surface area (Å²) in [6, 6.07) is 5.54. The number of likely N-dealkylation sites (tertiary alicyclic amines) is 1. The summed E-state index contributed by atoms with van der Waals surface area (Å²) in [5.74, 6) is -11.5. The van der Waals surface area contributed by atoms with E-state index in [1.54, 1.807) is 14.0 Å². The van der Waals surface area contributed by atoms with Gasteiger partial charge in [-0.3, -0.25) is 91.0 Å². The molecule has 0 spiro atoms. The number of amides is 7. The number of esters is 3. The number of carboxylic acid groups (broad SMARTS) is 4. The molecule has 44 nitrogen and oxygen atoms in total. The molecular weight excluding hydrogens is 1510 g/mol. The van der Waals surface area contributed by atoms with Crippen molar-refractivity contribution in [1.82, 2.24) is 47.4 Å². The lowest BCUT2D eigenvalue weighted by Crippen LogP contribution is -2.45. The molecule has 5 unspecified atom stereocenters. The van der Waals surface area contributed by atoms with Crippen molar-refractivity contribution in [2.24, 2.45) is 22.9 Å². The average molecular weight is 1630 g/mol. The van der Waals surface area contributed by atoms with Gasteiger partial charge < -0.3 is 110 Å². The Bertz CT molecular complexity index is 3200.